The molecule has 3 unspecified atom stereocenters. The molecule has 0 aromatic heterocycles. The third-order valence-corrected chi connectivity index (χ3v) is 3.63. The van der Waals surface area contributed by atoms with Crippen LogP contribution >= 0.6 is 0 Å². The van der Waals surface area contributed by atoms with Gasteiger partial charge in [0.1, 0.15) is 24.0 Å². The second-order valence-electron chi connectivity index (χ2n) is 5.82. The summed E-state index contributed by atoms with van der Waals surface area (Å²) in [7, 11) is 0. The highest BCUT2D eigenvalue weighted by Gasteiger charge is 2.32. The van der Waals surface area contributed by atoms with Gasteiger partial charge in [-0.2, -0.15) is 0 Å². The molecule has 0 aromatic carbocycles. The van der Waals surface area contributed by atoms with Crippen molar-refractivity contribution in [2.45, 2.75) is 45.5 Å². The van der Waals surface area contributed by atoms with E-state index in [0.717, 1.165) is 4.90 Å². The Labute approximate surface area is 160 Å². The normalized spacial score (nSPS) is 16.8. The second-order valence-corrected chi connectivity index (χ2v) is 5.82. The number of nitrogens with zero attached hydrogens (tertiary/aromatic N) is 1. The summed E-state index contributed by atoms with van der Waals surface area (Å²) in [6, 6.07) is 0. The number of aliphatic hydroxyl groups is 4. The maximum Gasteiger partial charge on any atom is 0.247 e. The van der Waals surface area contributed by atoms with Gasteiger partial charge in [-0.25, -0.2) is 0 Å². The smallest absolute Gasteiger partial charge is 0.247 e. The van der Waals surface area contributed by atoms with Crippen LogP contribution in [0.2, 0.25) is 0 Å². The van der Waals surface area contributed by atoms with Crippen molar-refractivity contribution in [2.75, 3.05) is 6.61 Å². The molecule has 1 heterocycles. The number of rotatable bonds is 7. The average Bonchev–Trinajstić information content (AvgIpc) is 2.64. The molecule has 28 heavy (non-hydrogen) atoms. The topological polar surface area (TPSA) is 196 Å². The third-order valence-electron chi connectivity index (χ3n) is 3.63. The number of carbonyl (C=O) groups is 5. The molecule has 11 heteroatoms. The molecule has 0 saturated carbocycles. The first kappa shape index (κ1) is 25.3. The van der Waals surface area contributed by atoms with E-state index >= 15 is 0 Å². The molecule has 0 fully saturated rings. The monoisotopic (exact) mass is 400 g/mol. The molecule has 0 aliphatic carbocycles. The van der Waals surface area contributed by atoms with Crippen LogP contribution in [0.3, 0.4) is 0 Å². The van der Waals surface area contributed by atoms with Crippen molar-refractivity contribution in [2.24, 2.45) is 5.73 Å². The van der Waals surface area contributed by atoms with Gasteiger partial charge in [-0.15, -0.1) is 0 Å². The van der Waals surface area contributed by atoms with Crippen molar-refractivity contribution in [1.82, 2.24) is 4.90 Å². The highest BCUT2D eigenvalue weighted by molar-refractivity contribution is 6.10. The van der Waals surface area contributed by atoms with Crippen molar-refractivity contribution in [3.05, 3.63) is 23.0 Å². The van der Waals surface area contributed by atoms with Gasteiger partial charge in [0.25, 0.3) is 0 Å². The Hall–Kier alpha value is -2.73. The summed E-state index contributed by atoms with van der Waals surface area (Å²) in [4.78, 5) is 56.6. The first-order valence-electron chi connectivity index (χ1n) is 8.06. The first-order valence-corrected chi connectivity index (χ1v) is 8.06. The minimum atomic E-state index is -1.64. The lowest BCUT2D eigenvalue weighted by Gasteiger charge is -2.29. The van der Waals surface area contributed by atoms with Crippen molar-refractivity contribution < 1.29 is 44.4 Å². The van der Waals surface area contributed by atoms with Gasteiger partial charge in [-0.3, -0.25) is 24.1 Å². The summed E-state index contributed by atoms with van der Waals surface area (Å²) >= 11 is 0. The molecule has 6 N–H and O–H groups in total. The van der Waals surface area contributed by atoms with Crippen molar-refractivity contribution in [3.63, 3.8) is 0 Å². The molecule has 0 radical (unpaired) electrons. The number of allylic oxidation sites excluding steroid dienone is 3. The van der Waals surface area contributed by atoms with Crippen LogP contribution in [0.5, 0.6) is 0 Å². The Kier molecular flexibility index (Phi) is 10.1. The van der Waals surface area contributed by atoms with E-state index in [-0.39, 0.29) is 35.5 Å². The van der Waals surface area contributed by atoms with Crippen LogP contribution in [0.15, 0.2) is 23.0 Å². The van der Waals surface area contributed by atoms with Crippen LogP contribution in [-0.4, -0.2) is 79.9 Å². The zero-order chi connectivity index (χ0) is 22.2. The molecule has 2 amide bonds. The summed E-state index contributed by atoms with van der Waals surface area (Å²) in [5, 5.41) is 34.1. The first-order chi connectivity index (χ1) is 12.9. The number of ketones is 2. The van der Waals surface area contributed by atoms with E-state index < -0.39 is 42.5 Å². The third kappa shape index (κ3) is 6.46. The van der Waals surface area contributed by atoms with Crippen LogP contribution in [0, 0.1) is 0 Å². The van der Waals surface area contributed by atoms with Gasteiger partial charge >= 0.3 is 0 Å². The summed E-state index contributed by atoms with van der Waals surface area (Å²) in [6.45, 7) is 3.03. The molecule has 1 rings (SSSR count). The summed E-state index contributed by atoms with van der Waals surface area (Å²) in [6.07, 6.45) is -3.13. The number of aliphatic hydroxyl groups excluding tert-OH is 4. The Morgan fingerprint density at radius 3 is 2.00 bits per heavy atom. The summed E-state index contributed by atoms with van der Waals surface area (Å²) < 4.78 is 0. The molecule has 3 atom stereocenters. The van der Waals surface area contributed by atoms with Gasteiger partial charge in [-0.1, -0.05) is 6.08 Å². The summed E-state index contributed by atoms with van der Waals surface area (Å²) in [5.41, 5.74) is 5.21. The van der Waals surface area contributed by atoms with E-state index in [4.69, 9.17) is 26.2 Å². The predicted molar refractivity (Wildman–Crippen MR) is 94.0 cm³/mol. The number of Topliss-reactive ketones (excluding diaryl/α,β-unsaturated/α-hetero) is 2. The van der Waals surface area contributed by atoms with Gasteiger partial charge in [0.2, 0.25) is 11.8 Å². The maximum absolute atomic E-state index is 11.6. The lowest BCUT2D eigenvalue weighted by atomic mass is 9.99. The van der Waals surface area contributed by atoms with E-state index in [1.807, 2.05) is 0 Å². The molecule has 1 aliphatic heterocycles. The zero-order valence-corrected chi connectivity index (χ0v) is 15.7. The van der Waals surface area contributed by atoms with E-state index in [2.05, 4.69) is 0 Å². The van der Waals surface area contributed by atoms with Crippen molar-refractivity contribution in [1.29, 1.82) is 0 Å². The molecule has 1 aliphatic rings. The van der Waals surface area contributed by atoms with Crippen molar-refractivity contribution >= 4 is 29.7 Å². The van der Waals surface area contributed by atoms with Crippen LogP contribution in [-0.2, 0) is 24.0 Å². The van der Waals surface area contributed by atoms with Gasteiger partial charge in [0.05, 0.1) is 12.3 Å². The highest BCUT2D eigenvalue weighted by Crippen LogP contribution is 2.27. The van der Waals surface area contributed by atoms with Gasteiger partial charge in [0, 0.05) is 32.8 Å². The number of amides is 2. The number of hydrogen-bond donors (Lipinski definition) is 5. The van der Waals surface area contributed by atoms with E-state index in [1.165, 1.54) is 26.8 Å². The standard InChI is InChI=1S/C12H14N2O4.C5H10O5/c1-6(15)10-5-4-9(12(13)18)11(7(2)16)14(10)8(3)17;6-1-3(8)5(10)4(9)2-7/h5H,4H2,1-3H3,(H2,13,18);1,3-5,7-10H,2H2. The second kappa shape index (κ2) is 11.2. The molecule has 156 valence electrons. The van der Waals surface area contributed by atoms with Crippen LogP contribution in [0.4, 0.5) is 0 Å². The van der Waals surface area contributed by atoms with Gasteiger partial charge < -0.3 is 31.0 Å². The average molecular weight is 400 g/mol. The molecule has 0 bridgehead atoms. The van der Waals surface area contributed by atoms with Crippen molar-refractivity contribution in [3.8, 4) is 0 Å². The van der Waals surface area contributed by atoms with Crippen LogP contribution in [0.1, 0.15) is 27.2 Å². The number of hydrogen-bond acceptors (Lipinski definition) is 9. The van der Waals surface area contributed by atoms with E-state index in [1.54, 1.807) is 0 Å². The molecular weight excluding hydrogens is 376 g/mol. The molecule has 0 aromatic rings. The SMILES string of the molecule is CC(=O)C1=CCC(C(N)=O)=C(C(C)=O)N1C(C)=O.O=CC(O)C(O)C(O)CO. The molecule has 0 saturated heterocycles. The van der Waals surface area contributed by atoms with E-state index in [0.29, 0.717) is 0 Å². The Morgan fingerprint density at radius 2 is 1.68 bits per heavy atom. The Bertz CT molecular complexity index is 711. The minimum absolute atomic E-state index is 0.0442. The van der Waals surface area contributed by atoms with Crippen LogP contribution in [0.25, 0.3) is 0 Å². The largest absolute Gasteiger partial charge is 0.394 e. The van der Waals surface area contributed by atoms with Gasteiger partial charge in [-0.05, 0) is 0 Å². The predicted octanol–water partition coefficient (Wildman–Crippen LogP) is -2.70. The molecular formula is C17H24N2O9. The fourth-order valence-corrected chi connectivity index (χ4v) is 2.27. The summed E-state index contributed by atoms with van der Waals surface area (Å²) in [5.74, 6) is -2.12. The lowest BCUT2D eigenvalue weighted by molar-refractivity contribution is -0.130. The zero-order valence-electron chi connectivity index (χ0n) is 15.7. The van der Waals surface area contributed by atoms with E-state index in [9.17, 15) is 24.0 Å². The Morgan fingerprint density at radius 1 is 1.14 bits per heavy atom. The Balaban J connectivity index is 0.000000621. The number of carbonyl (C=O) groups excluding carboxylic acids is 5. The maximum atomic E-state index is 11.6. The number of aldehydes is 1. The minimum Gasteiger partial charge on any atom is -0.394 e. The highest BCUT2D eigenvalue weighted by atomic mass is 16.4. The quantitative estimate of drug-likeness (QED) is 0.282. The van der Waals surface area contributed by atoms with Crippen LogP contribution < -0.4 is 5.73 Å². The van der Waals surface area contributed by atoms with Gasteiger partial charge in [0.15, 0.2) is 17.9 Å². The number of nitrogens with two attached hydrogens (primary N) is 1. The molecule has 11 nitrogen and oxygen atoms in total. The number of primary amides is 1. The fourth-order valence-electron chi connectivity index (χ4n) is 2.27. The fraction of sp³-hybridized carbons (Fsp3) is 0.471. The molecule has 0 spiro atoms. The lowest BCUT2D eigenvalue weighted by Crippen LogP contribution is -2.40.